The third kappa shape index (κ3) is 2.71. The average Bonchev–Trinajstić information content (AvgIpc) is 1.99. The van der Waals surface area contributed by atoms with Gasteiger partial charge in [0.25, 0.3) is 5.56 Å². The summed E-state index contributed by atoms with van der Waals surface area (Å²) in [6, 6.07) is 0.281. The highest BCUT2D eigenvalue weighted by atomic mass is 127. The van der Waals surface area contributed by atoms with Crippen molar-refractivity contribution in [2.75, 3.05) is 0 Å². The van der Waals surface area contributed by atoms with Crippen LogP contribution in [-0.4, -0.2) is 4.98 Å². The van der Waals surface area contributed by atoms with Gasteiger partial charge >= 0.3 is 6.18 Å². The van der Waals surface area contributed by atoms with E-state index in [9.17, 15) is 18.0 Å². The molecule has 84 valence electrons. The Bertz CT molecular complexity index is 425. The number of pyridine rings is 1. The van der Waals surface area contributed by atoms with Gasteiger partial charge in [-0.2, -0.15) is 13.2 Å². The standard InChI is InChI=1S/C8H8F3IN2O/c1-3(13)6-4(12)2-5(8(9,10)11)14-7(6)15/h2-3H,13H2,1H3,(H,14,15). The summed E-state index contributed by atoms with van der Waals surface area (Å²) in [5, 5.41) is 0. The minimum absolute atomic E-state index is 0.170. The van der Waals surface area contributed by atoms with E-state index in [1.165, 1.54) is 0 Å². The fourth-order valence-corrected chi connectivity index (χ4v) is 2.16. The number of halogens is 4. The second kappa shape index (κ2) is 4.12. The SMILES string of the molecule is CC(N)c1c(I)cc(C(F)(F)F)[nH]c1=O. The van der Waals surface area contributed by atoms with E-state index >= 15 is 0 Å². The van der Waals surface area contributed by atoms with Gasteiger partial charge in [0.15, 0.2) is 0 Å². The Kier molecular flexibility index (Phi) is 3.44. The van der Waals surface area contributed by atoms with Gasteiger partial charge in [0.1, 0.15) is 5.69 Å². The molecule has 0 saturated heterocycles. The van der Waals surface area contributed by atoms with E-state index in [-0.39, 0.29) is 9.13 Å². The van der Waals surface area contributed by atoms with Crippen molar-refractivity contribution in [1.82, 2.24) is 4.98 Å². The first-order valence-electron chi connectivity index (χ1n) is 3.99. The van der Waals surface area contributed by atoms with Crippen molar-refractivity contribution in [1.29, 1.82) is 0 Å². The first-order valence-corrected chi connectivity index (χ1v) is 5.07. The molecule has 1 rings (SSSR count). The van der Waals surface area contributed by atoms with Crippen molar-refractivity contribution >= 4 is 22.6 Å². The summed E-state index contributed by atoms with van der Waals surface area (Å²) < 4.78 is 37.0. The van der Waals surface area contributed by atoms with Gasteiger partial charge in [0, 0.05) is 15.2 Å². The zero-order valence-electron chi connectivity index (χ0n) is 7.65. The van der Waals surface area contributed by atoms with Crippen LogP contribution in [0.5, 0.6) is 0 Å². The molecule has 1 heterocycles. The number of alkyl halides is 3. The van der Waals surface area contributed by atoms with Crippen LogP contribution < -0.4 is 11.3 Å². The third-order valence-corrected chi connectivity index (χ3v) is 2.67. The summed E-state index contributed by atoms with van der Waals surface area (Å²) in [7, 11) is 0. The number of nitrogens with two attached hydrogens (primary N) is 1. The van der Waals surface area contributed by atoms with Gasteiger partial charge in [-0.05, 0) is 35.6 Å². The van der Waals surface area contributed by atoms with Gasteiger partial charge in [-0.25, -0.2) is 0 Å². The van der Waals surface area contributed by atoms with Crippen molar-refractivity contribution < 1.29 is 13.2 Å². The molecule has 0 bridgehead atoms. The number of nitrogens with one attached hydrogen (secondary N) is 1. The number of aromatic amines is 1. The maximum atomic E-state index is 12.3. The summed E-state index contributed by atoms with van der Waals surface area (Å²) in [5.41, 5.74) is 3.80. The van der Waals surface area contributed by atoms with Gasteiger partial charge in [-0.1, -0.05) is 0 Å². The Morgan fingerprint density at radius 3 is 2.40 bits per heavy atom. The van der Waals surface area contributed by atoms with E-state index < -0.39 is 23.5 Å². The lowest BCUT2D eigenvalue weighted by Gasteiger charge is -2.11. The molecule has 0 aliphatic carbocycles. The van der Waals surface area contributed by atoms with Crippen molar-refractivity contribution in [3.8, 4) is 0 Å². The number of aromatic nitrogens is 1. The summed E-state index contributed by atoms with van der Waals surface area (Å²) in [4.78, 5) is 13.1. The summed E-state index contributed by atoms with van der Waals surface area (Å²) >= 11 is 1.67. The Hall–Kier alpha value is -0.570. The van der Waals surface area contributed by atoms with E-state index in [1.807, 2.05) is 0 Å². The lowest BCUT2D eigenvalue weighted by atomic mass is 10.1. The molecule has 3 nitrogen and oxygen atoms in total. The minimum Gasteiger partial charge on any atom is -0.324 e. The first kappa shape index (κ1) is 12.5. The van der Waals surface area contributed by atoms with Crippen LogP contribution in [0.15, 0.2) is 10.9 Å². The molecule has 0 spiro atoms. The normalized spacial score (nSPS) is 14.0. The van der Waals surface area contributed by atoms with Crippen LogP contribution in [0, 0.1) is 3.57 Å². The lowest BCUT2D eigenvalue weighted by Crippen LogP contribution is -2.25. The van der Waals surface area contributed by atoms with Gasteiger partial charge in [-0.15, -0.1) is 0 Å². The molecule has 0 aliphatic rings. The minimum atomic E-state index is -4.55. The predicted molar refractivity (Wildman–Crippen MR) is 57.4 cm³/mol. The lowest BCUT2D eigenvalue weighted by molar-refractivity contribution is -0.141. The first-order chi connectivity index (χ1) is 6.73. The van der Waals surface area contributed by atoms with E-state index in [1.54, 1.807) is 34.5 Å². The Balaban J connectivity index is 3.39. The molecular weight excluding hydrogens is 324 g/mol. The van der Waals surface area contributed by atoms with Gasteiger partial charge < -0.3 is 10.7 Å². The van der Waals surface area contributed by atoms with Crippen LogP contribution in [0.3, 0.4) is 0 Å². The molecule has 0 fully saturated rings. The highest BCUT2D eigenvalue weighted by Crippen LogP contribution is 2.28. The Morgan fingerprint density at radius 2 is 2.07 bits per heavy atom. The van der Waals surface area contributed by atoms with Crippen LogP contribution in [0.25, 0.3) is 0 Å². The van der Waals surface area contributed by atoms with E-state index in [2.05, 4.69) is 0 Å². The van der Waals surface area contributed by atoms with Crippen molar-refractivity contribution in [2.45, 2.75) is 19.1 Å². The molecule has 0 aromatic carbocycles. The number of hydrogen-bond acceptors (Lipinski definition) is 2. The third-order valence-electron chi connectivity index (χ3n) is 1.78. The fourth-order valence-electron chi connectivity index (χ4n) is 1.12. The molecule has 15 heavy (non-hydrogen) atoms. The van der Waals surface area contributed by atoms with Crippen LogP contribution in [0.4, 0.5) is 13.2 Å². The summed E-state index contributed by atoms with van der Waals surface area (Å²) in [5.74, 6) is 0. The predicted octanol–water partition coefficient (Wildman–Crippen LogP) is 2.02. The summed E-state index contributed by atoms with van der Waals surface area (Å²) in [6.45, 7) is 1.54. The molecule has 1 aromatic rings. The maximum absolute atomic E-state index is 12.3. The van der Waals surface area contributed by atoms with E-state index in [0.717, 1.165) is 6.07 Å². The number of hydrogen-bond donors (Lipinski definition) is 2. The Morgan fingerprint density at radius 1 is 1.53 bits per heavy atom. The van der Waals surface area contributed by atoms with Crippen molar-refractivity contribution in [3.63, 3.8) is 0 Å². The molecule has 3 N–H and O–H groups in total. The fraction of sp³-hybridized carbons (Fsp3) is 0.375. The van der Waals surface area contributed by atoms with Gasteiger partial charge in [0.2, 0.25) is 0 Å². The molecule has 1 unspecified atom stereocenters. The maximum Gasteiger partial charge on any atom is 0.431 e. The second-order valence-electron chi connectivity index (χ2n) is 3.06. The van der Waals surface area contributed by atoms with Gasteiger partial charge in [0.05, 0.1) is 0 Å². The topological polar surface area (TPSA) is 58.9 Å². The van der Waals surface area contributed by atoms with E-state index in [0.29, 0.717) is 0 Å². The Labute approximate surface area is 97.0 Å². The van der Waals surface area contributed by atoms with Crippen LogP contribution >= 0.6 is 22.6 Å². The van der Waals surface area contributed by atoms with Crippen molar-refractivity contribution in [2.24, 2.45) is 5.73 Å². The molecule has 0 saturated carbocycles. The monoisotopic (exact) mass is 332 g/mol. The number of H-pyrrole nitrogens is 1. The smallest absolute Gasteiger partial charge is 0.324 e. The highest BCUT2D eigenvalue weighted by molar-refractivity contribution is 14.1. The molecule has 0 aliphatic heterocycles. The molecule has 1 atom stereocenters. The van der Waals surface area contributed by atoms with E-state index in [4.69, 9.17) is 5.73 Å². The number of rotatable bonds is 1. The second-order valence-corrected chi connectivity index (χ2v) is 4.22. The van der Waals surface area contributed by atoms with Crippen LogP contribution in [0.1, 0.15) is 24.2 Å². The van der Waals surface area contributed by atoms with Crippen LogP contribution in [-0.2, 0) is 6.18 Å². The van der Waals surface area contributed by atoms with Gasteiger partial charge in [-0.3, -0.25) is 4.79 Å². The largest absolute Gasteiger partial charge is 0.431 e. The molecule has 0 radical (unpaired) electrons. The average molecular weight is 332 g/mol. The molecular formula is C8H8F3IN2O. The van der Waals surface area contributed by atoms with Crippen molar-refractivity contribution in [3.05, 3.63) is 31.2 Å². The quantitative estimate of drug-likeness (QED) is 0.773. The highest BCUT2D eigenvalue weighted by Gasteiger charge is 2.33. The molecule has 1 aromatic heterocycles. The molecule has 7 heteroatoms. The zero-order valence-corrected chi connectivity index (χ0v) is 9.81. The van der Waals surface area contributed by atoms with Crippen LogP contribution in [0.2, 0.25) is 0 Å². The summed E-state index contributed by atoms with van der Waals surface area (Å²) in [6.07, 6.45) is -4.55. The molecule has 0 amide bonds. The zero-order chi connectivity index (χ0) is 11.8.